The van der Waals surface area contributed by atoms with E-state index in [4.69, 9.17) is 5.73 Å². The number of rotatable bonds is 4. The highest BCUT2D eigenvalue weighted by molar-refractivity contribution is 7.09. The van der Waals surface area contributed by atoms with Crippen LogP contribution in [0, 0.1) is 18.8 Å². The fraction of sp³-hybridized carbons (Fsp3) is 0.129. The topological polar surface area (TPSA) is 120 Å². The Morgan fingerprint density at radius 2 is 1.90 bits per heavy atom. The van der Waals surface area contributed by atoms with Crippen LogP contribution in [0.15, 0.2) is 83.2 Å². The fourth-order valence-electron chi connectivity index (χ4n) is 4.38. The molecule has 0 radical (unpaired) electrons. The number of aryl methyl sites for hydroxylation is 1. The molecule has 0 saturated heterocycles. The zero-order valence-corrected chi connectivity index (χ0v) is 23.5. The highest BCUT2D eigenvalue weighted by Gasteiger charge is 2.16. The molecule has 3 N–H and O–H groups in total. The Kier molecular flexibility index (Phi) is 8.01. The van der Waals surface area contributed by atoms with Crippen molar-refractivity contribution < 1.29 is 4.79 Å². The number of nitrogens with zero attached hydrogens (tertiary/aromatic N) is 5. The van der Waals surface area contributed by atoms with Crippen LogP contribution in [-0.2, 0) is 0 Å². The molecule has 6 aromatic rings. The second-order valence-corrected chi connectivity index (χ2v) is 10.2. The lowest BCUT2D eigenvalue weighted by Gasteiger charge is -2.19. The Labute approximate surface area is 240 Å². The van der Waals surface area contributed by atoms with Crippen LogP contribution < -0.4 is 16.6 Å². The molecule has 0 spiro atoms. The third kappa shape index (κ3) is 5.63. The number of nitrogens with two attached hydrogens (primary N) is 1. The first kappa shape index (κ1) is 27.5. The number of pyridine rings is 1. The quantitative estimate of drug-likeness (QED) is 0.239. The Morgan fingerprint density at radius 3 is 2.61 bits per heavy atom. The smallest absolute Gasteiger partial charge is 0.264 e. The van der Waals surface area contributed by atoms with Gasteiger partial charge in [-0.3, -0.25) is 14.2 Å². The van der Waals surface area contributed by atoms with Gasteiger partial charge in [0.25, 0.3) is 5.56 Å². The summed E-state index contributed by atoms with van der Waals surface area (Å²) in [6, 6.07) is 19.3. The average molecular weight is 562 g/mol. The maximum absolute atomic E-state index is 13.7. The Bertz CT molecular complexity index is 1980. The summed E-state index contributed by atoms with van der Waals surface area (Å²) in [6.07, 6.45) is 3.93. The highest BCUT2D eigenvalue weighted by atomic mass is 32.1. The minimum Gasteiger partial charge on any atom is -0.382 e. The standard InChI is InChI=1S/C24H21N3OS.C7H6N4O/c1-16(25-3)22-14-19-9-7-8-18(12-13-20-15-29-17(2)26-20)23(19)24(28)27(22)21-10-5-4-6-11-21;8-6-5(4-12)7-9-2-1-3-11(7)10-6/h4-11,14-16,25H,1-3H3;1-4H,(H2,8,10). The first-order valence-corrected chi connectivity index (χ1v) is 13.7. The molecule has 0 aliphatic carbocycles. The van der Waals surface area contributed by atoms with Gasteiger partial charge >= 0.3 is 0 Å². The lowest BCUT2D eigenvalue weighted by Crippen LogP contribution is -2.27. The van der Waals surface area contributed by atoms with E-state index in [-0.39, 0.29) is 17.4 Å². The summed E-state index contributed by atoms with van der Waals surface area (Å²) in [6.45, 7) is 4.00. The van der Waals surface area contributed by atoms with Crippen LogP contribution in [0.4, 0.5) is 5.82 Å². The van der Waals surface area contributed by atoms with Crippen LogP contribution in [0.2, 0.25) is 0 Å². The maximum atomic E-state index is 13.7. The molecule has 4 aromatic heterocycles. The third-order valence-electron chi connectivity index (χ3n) is 6.49. The van der Waals surface area contributed by atoms with Gasteiger partial charge in [-0.25, -0.2) is 14.5 Å². The van der Waals surface area contributed by atoms with Gasteiger partial charge in [0.15, 0.2) is 17.8 Å². The number of hydrogen-bond donors (Lipinski definition) is 2. The van der Waals surface area contributed by atoms with E-state index in [1.807, 2.05) is 74.8 Å². The number of hydrogen-bond acceptors (Lipinski definition) is 8. The molecule has 2 aromatic carbocycles. The van der Waals surface area contributed by atoms with E-state index < -0.39 is 0 Å². The Balaban J connectivity index is 0.000000234. The number of aldehydes is 1. The van der Waals surface area contributed by atoms with Gasteiger partial charge in [-0.15, -0.1) is 16.4 Å². The molecule has 6 rings (SSSR count). The molecule has 4 heterocycles. The van der Waals surface area contributed by atoms with Gasteiger partial charge in [0.2, 0.25) is 0 Å². The zero-order chi connectivity index (χ0) is 28.9. The minimum atomic E-state index is -0.0647. The number of thiazole rings is 1. The predicted molar refractivity (Wildman–Crippen MR) is 163 cm³/mol. The van der Waals surface area contributed by atoms with Gasteiger partial charge in [0.05, 0.1) is 10.4 Å². The van der Waals surface area contributed by atoms with Crippen LogP contribution in [0.3, 0.4) is 0 Å². The molecule has 10 heteroatoms. The van der Waals surface area contributed by atoms with Gasteiger partial charge in [0, 0.05) is 40.8 Å². The summed E-state index contributed by atoms with van der Waals surface area (Å²) in [5.74, 6) is 6.47. The van der Waals surface area contributed by atoms with E-state index in [0.29, 0.717) is 28.4 Å². The number of para-hydroxylation sites is 1. The normalized spacial score (nSPS) is 11.4. The van der Waals surface area contributed by atoms with Crippen LogP contribution in [0.5, 0.6) is 0 Å². The molecule has 0 fully saturated rings. The number of nitrogen functional groups attached to an aromatic ring is 1. The van der Waals surface area contributed by atoms with E-state index in [1.165, 1.54) is 4.52 Å². The number of aromatic nitrogens is 5. The third-order valence-corrected chi connectivity index (χ3v) is 7.26. The molecule has 0 bridgehead atoms. The van der Waals surface area contributed by atoms with Crippen LogP contribution in [0.25, 0.3) is 22.1 Å². The van der Waals surface area contributed by atoms with Gasteiger partial charge in [-0.1, -0.05) is 36.3 Å². The summed E-state index contributed by atoms with van der Waals surface area (Å²) >= 11 is 1.57. The van der Waals surface area contributed by atoms with Crippen LogP contribution in [0.1, 0.15) is 45.3 Å². The Hall–Kier alpha value is -5.11. The molecular formula is C31H27N7O2S. The first-order chi connectivity index (χ1) is 19.9. The molecule has 0 saturated carbocycles. The van der Waals surface area contributed by atoms with Crippen molar-refractivity contribution in [3.8, 4) is 17.5 Å². The molecule has 0 aliphatic rings. The minimum absolute atomic E-state index is 0.0139. The average Bonchev–Trinajstić information content (AvgIpc) is 3.57. The summed E-state index contributed by atoms with van der Waals surface area (Å²) in [4.78, 5) is 32.5. The van der Waals surface area contributed by atoms with Crippen molar-refractivity contribution in [2.75, 3.05) is 12.8 Å². The van der Waals surface area contributed by atoms with E-state index in [0.717, 1.165) is 27.5 Å². The second-order valence-electron chi connectivity index (χ2n) is 9.13. The van der Waals surface area contributed by atoms with Crippen molar-refractivity contribution >= 4 is 39.9 Å². The Morgan fingerprint density at radius 1 is 1.10 bits per heavy atom. The zero-order valence-electron chi connectivity index (χ0n) is 22.7. The van der Waals surface area contributed by atoms with Crippen molar-refractivity contribution in [3.63, 3.8) is 0 Å². The molecule has 0 amide bonds. The summed E-state index contributed by atoms with van der Waals surface area (Å²) in [5.41, 5.74) is 9.43. The number of carbonyl (C=O) groups excluding carboxylic acids is 1. The molecular weight excluding hydrogens is 534 g/mol. The van der Waals surface area contributed by atoms with Crippen molar-refractivity contribution in [2.45, 2.75) is 19.9 Å². The highest BCUT2D eigenvalue weighted by Crippen LogP contribution is 2.23. The number of benzene rings is 2. The second kappa shape index (κ2) is 12.0. The van der Waals surface area contributed by atoms with Crippen molar-refractivity contribution in [1.82, 2.24) is 29.5 Å². The fourth-order valence-corrected chi connectivity index (χ4v) is 4.93. The van der Waals surface area contributed by atoms with Crippen molar-refractivity contribution in [3.05, 3.63) is 116 Å². The summed E-state index contributed by atoms with van der Waals surface area (Å²) in [5, 5.41) is 11.6. The molecule has 1 atom stereocenters. The predicted octanol–water partition coefficient (Wildman–Crippen LogP) is 4.56. The number of fused-ring (bicyclic) bond motifs is 2. The van der Waals surface area contributed by atoms with E-state index in [1.54, 1.807) is 34.4 Å². The van der Waals surface area contributed by atoms with Crippen LogP contribution >= 0.6 is 11.3 Å². The number of nitrogens with one attached hydrogen (secondary N) is 1. The van der Waals surface area contributed by atoms with Gasteiger partial charge in [-0.05, 0) is 62.5 Å². The molecule has 1 unspecified atom stereocenters. The molecule has 204 valence electrons. The number of carbonyl (C=O) groups is 1. The summed E-state index contributed by atoms with van der Waals surface area (Å²) < 4.78 is 3.25. The van der Waals surface area contributed by atoms with Crippen molar-refractivity contribution in [2.24, 2.45) is 0 Å². The monoisotopic (exact) mass is 561 g/mol. The van der Waals surface area contributed by atoms with Gasteiger partial charge < -0.3 is 11.1 Å². The van der Waals surface area contributed by atoms with Crippen molar-refractivity contribution in [1.29, 1.82) is 0 Å². The lowest BCUT2D eigenvalue weighted by molar-refractivity contribution is 0.112. The molecule has 9 nitrogen and oxygen atoms in total. The van der Waals surface area contributed by atoms with Crippen LogP contribution in [-0.4, -0.2) is 37.5 Å². The first-order valence-electron chi connectivity index (χ1n) is 12.8. The SMILES string of the molecule is CNC(C)c1cc2cccc(C#Cc3csc(C)n3)c2c(=O)n1-c1ccccc1.Nc1nn2cccnc2c1C=O. The van der Waals surface area contributed by atoms with E-state index in [9.17, 15) is 9.59 Å². The molecule has 41 heavy (non-hydrogen) atoms. The molecule has 0 aliphatic heterocycles. The summed E-state index contributed by atoms with van der Waals surface area (Å²) in [7, 11) is 1.90. The number of anilines is 1. The van der Waals surface area contributed by atoms with Gasteiger partial charge in [0.1, 0.15) is 11.3 Å². The largest absolute Gasteiger partial charge is 0.382 e. The maximum Gasteiger partial charge on any atom is 0.264 e. The van der Waals surface area contributed by atoms with Gasteiger partial charge in [-0.2, -0.15) is 0 Å². The lowest BCUT2D eigenvalue weighted by atomic mass is 10.0. The van der Waals surface area contributed by atoms with E-state index in [2.05, 4.69) is 38.3 Å². The van der Waals surface area contributed by atoms with E-state index >= 15 is 0 Å².